The molecule has 1 atom stereocenters. The molecular formula is C23H26N2O5. The van der Waals surface area contributed by atoms with Gasteiger partial charge in [-0.2, -0.15) is 0 Å². The summed E-state index contributed by atoms with van der Waals surface area (Å²) in [5, 5.41) is 2.69. The lowest BCUT2D eigenvalue weighted by Crippen LogP contribution is -2.28. The monoisotopic (exact) mass is 410 g/mol. The quantitative estimate of drug-likeness (QED) is 0.740. The molecule has 1 heterocycles. The number of hydrogen-bond acceptors (Lipinski definition) is 5. The van der Waals surface area contributed by atoms with Crippen LogP contribution in [0.5, 0.6) is 5.75 Å². The molecule has 158 valence electrons. The summed E-state index contributed by atoms with van der Waals surface area (Å²) in [7, 11) is 1.51. The van der Waals surface area contributed by atoms with Gasteiger partial charge >= 0.3 is 5.97 Å². The van der Waals surface area contributed by atoms with Crippen LogP contribution in [0.4, 0.5) is 11.4 Å². The van der Waals surface area contributed by atoms with Crippen molar-refractivity contribution in [1.82, 2.24) is 0 Å². The maximum absolute atomic E-state index is 12.5. The largest absolute Gasteiger partial charge is 0.495 e. The maximum atomic E-state index is 12.5. The van der Waals surface area contributed by atoms with Gasteiger partial charge in [0.15, 0.2) is 6.61 Å². The number of methoxy groups -OCH3 is 1. The molecule has 7 nitrogen and oxygen atoms in total. The van der Waals surface area contributed by atoms with Gasteiger partial charge in [0.25, 0.3) is 5.91 Å². The smallest absolute Gasteiger partial charge is 0.311 e. The minimum atomic E-state index is -0.598. The van der Waals surface area contributed by atoms with Crippen molar-refractivity contribution in [3.63, 3.8) is 0 Å². The molecule has 2 aromatic carbocycles. The number of benzene rings is 2. The summed E-state index contributed by atoms with van der Waals surface area (Å²) < 4.78 is 10.4. The Kier molecular flexibility index (Phi) is 6.40. The number of amides is 2. The summed E-state index contributed by atoms with van der Waals surface area (Å²) in [5.74, 6) is -1.23. The molecular weight excluding hydrogens is 384 g/mol. The highest BCUT2D eigenvalue weighted by molar-refractivity contribution is 6.00. The molecule has 0 aromatic heterocycles. The number of nitrogens with zero attached hydrogens (tertiary/aromatic N) is 1. The lowest BCUT2D eigenvalue weighted by molar-refractivity contribution is -0.151. The van der Waals surface area contributed by atoms with Gasteiger partial charge in [0.2, 0.25) is 5.91 Å². The molecule has 1 saturated heterocycles. The maximum Gasteiger partial charge on any atom is 0.311 e. The van der Waals surface area contributed by atoms with Gasteiger partial charge in [-0.1, -0.05) is 18.2 Å². The normalized spacial score (nSPS) is 15.8. The van der Waals surface area contributed by atoms with Crippen LogP contribution >= 0.6 is 0 Å². The van der Waals surface area contributed by atoms with Crippen molar-refractivity contribution in [2.45, 2.75) is 27.2 Å². The van der Waals surface area contributed by atoms with Gasteiger partial charge in [-0.15, -0.1) is 0 Å². The Morgan fingerprint density at radius 3 is 2.67 bits per heavy atom. The van der Waals surface area contributed by atoms with Crippen molar-refractivity contribution in [1.29, 1.82) is 0 Å². The Hall–Kier alpha value is -3.35. The summed E-state index contributed by atoms with van der Waals surface area (Å²) in [5.41, 5.74) is 4.36. The van der Waals surface area contributed by atoms with E-state index in [0.29, 0.717) is 11.4 Å². The van der Waals surface area contributed by atoms with Gasteiger partial charge < -0.3 is 19.7 Å². The molecule has 1 aliphatic heterocycles. The highest BCUT2D eigenvalue weighted by Gasteiger charge is 2.37. The molecule has 1 N–H and O–H groups in total. The summed E-state index contributed by atoms with van der Waals surface area (Å²) in [6.07, 6.45) is 0.0690. The van der Waals surface area contributed by atoms with Crippen LogP contribution in [0, 0.1) is 26.7 Å². The van der Waals surface area contributed by atoms with E-state index in [1.165, 1.54) is 7.11 Å². The molecule has 0 radical (unpaired) electrons. The summed E-state index contributed by atoms with van der Waals surface area (Å²) in [6.45, 7) is 5.65. The van der Waals surface area contributed by atoms with Crippen LogP contribution in [0.1, 0.15) is 23.1 Å². The Bertz CT molecular complexity index is 986. The van der Waals surface area contributed by atoms with Crippen molar-refractivity contribution in [3.05, 3.63) is 53.1 Å². The number of anilines is 2. The molecule has 0 unspecified atom stereocenters. The molecule has 0 aliphatic carbocycles. The molecule has 0 bridgehead atoms. The van der Waals surface area contributed by atoms with Crippen molar-refractivity contribution in [2.24, 2.45) is 5.92 Å². The lowest BCUT2D eigenvalue weighted by atomic mass is 10.1. The Labute approximate surface area is 176 Å². The molecule has 2 aromatic rings. The van der Waals surface area contributed by atoms with E-state index in [4.69, 9.17) is 9.47 Å². The van der Waals surface area contributed by atoms with Gasteiger partial charge in [-0.3, -0.25) is 14.4 Å². The fraction of sp³-hybridized carbons (Fsp3) is 0.348. The van der Waals surface area contributed by atoms with Crippen LogP contribution in [0.3, 0.4) is 0 Å². The van der Waals surface area contributed by atoms with Crippen LogP contribution in [-0.4, -0.2) is 38.0 Å². The third kappa shape index (κ3) is 4.62. The minimum Gasteiger partial charge on any atom is -0.495 e. The Balaban J connectivity index is 1.58. The number of hydrogen-bond donors (Lipinski definition) is 1. The molecule has 0 spiro atoms. The molecule has 1 aliphatic rings. The molecule has 1 fully saturated rings. The van der Waals surface area contributed by atoms with E-state index < -0.39 is 24.4 Å². The van der Waals surface area contributed by atoms with E-state index in [1.54, 1.807) is 17.0 Å². The first kappa shape index (κ1) is 21.4. The second kappa shape index (κ2) is 8.98. The molecule has 3 rings (SSSR count). The van der Waals surface area contributed by atoms with Crippen LogP contribution in [0.25, 0.3) is 0 Å². The number of esters is 1. The van der Waals surface area contributed by atoms with E-state index in [9.17, 15) is 14.4 Å². The Morgan fingerprint density at radius 1 is 1.17 bits per heavy atom. The summed E-state index contributed by atoms with van der Waals surface area (Å²) >= 11 is 0. The zero-order valence-electron chi connectivity index (χ0n) is 17.7. The van der Waals surface area contributed by atoms with Gasteiger partial charge in [-0.05, 0) is 55.7 Å². The van der Waals surface area contributed by atoms with E-state index in [2.05, 4.69) is 5.32 Å². The standard InChI is InChI=1S/C23H26N2O5/c1-14-8-9-20(29-4)18(10-14)24-21(26)13-30-23(28)17-11-22(27)25(12-17)19-7-5-6-15(2)16(19)3/h5-10,17H,11-13H2,1-4H3,(H,24,26)/t17-/m0/s1. The topological polar surface area (TPSA) is 84.9 Å². The zero-order chi connectivity index (χ0) is 21.8. The third-order valence-corrected chi connectivity index (χ3v) is 5.30. The van der Waals surface area contributed by atoms with Crippen molar-refractivity contribution >= 4 is 29.2 Å². The van der Waals surface area contributed by atoms with Gasteiger partial charge in [0.1, 0.15) is 5.75 Å². The van der Waals surface area contributed by atoms with Crippen LogP contribution in [0.2, 0.25) is 0 Å². The SMILES string of the molecule is COc1ccc(C)cc1NC(=O)COC(=O)[C@H]1CC(=O)N(c2cccc(C)c2C)C1. The molecule has 7 heteroatoms. The van der Waals surface area contributed by atoms with E-state index in [1.807, 2.05) is 45.0 Å². The average molecular weight is 410 g/mol. The van der Waals surface area contributed by atoms with Gasteiger partial charge in [0.05, 0.1) is 18.7 Å². The van der Waals surface area contributed by atoms with Crippen molar-refractivity contribution in [3.8, 4) is 5.75 Å². The number of nitrogens with one attached hydrogen (secondary N) is 1. The minimum absolute atomic E-state index is 0.0690. The molecule has 30 heavy (non-hydrogen) atoms. The first-order valence-electron chi connectivity index (χ1n) is 9.78. The fourth-order valence-corrected chi connectivity index (χ4v) is 3.49. The highest BCUT2D eigenvalue weighted by atomic mass is 16.5. The van der Waals surface area contributed by atoms with Crippen LogP contribution in [0.15, 0.2) is 36.4 Å². The lowest BCUT2D eigenvalue weighted by Gasteiger charge is -2.20. The number of ether oxygens (including phenoxy) is 2. The Morgan fingerprint density at radius 2 is 1.93 bits per heavy atom. The van der Waals surface area contributed by atoms with Crippen molar-refractivity contribution in [2.75, 3.05) is 30.5 Å². The first-order chi connectivity index (χ1) is 14.3. The number of carbonyl (C=O) groups is 3. The van der Waals surface area contributed by atoms with Gasteiger partial charge in [-0.25, -0.2) is 0 Å². The number of carbonyl (C=O) groups excluding carboxylic acids is 3. The second-order valence-corrected chi connectivity index (χ2v) is 7.48. The van der Waals surface area contributed by atoms with E-state index in [-0.39, 0.29) is 18.9 Å². The summed E-state index contributed by atoms with van der Waals surface area (Å²) in [6, 6.07) is 11.1. The van der Waals surface area contributed by atoms with Crippen molar-refractivity contribution < 1.29 is 23.9 Å². The second-order valence-electron chi connectivity index (χ2n) is 7.48. The van der Waals surface area contributed by atoms with Crippen LogP contribution in [-0.2, 0) is 19.1 Å². The van der Waals surface area contributed by atoms with Gasteiger partial charge in [0, 0.05) is 18.7 Å². The highest BCUT2D eigenvalue weighted by Crippen LogP contribution is 2.30. The zero-order valence-corrected chi connectivity index (χ0v) is 17.7. The third-order valence-electron chi connectivity index (χ3n) is 5.30. The fourth-order valence-electron chi connectivity index (χ4n) is 3.49. The van der Waals surface area contributed by atoms with Crippen LogP contribution < -0.4 is 15.0 Å². The average Bonchev–Trinajstić information content (AvgIpc) is 3.10. The summed E-state index contributed by atoms with van der Waals surface area (Å²) in [4.78, 5) is 38.7. The predicted molar refractivity (Wildman–Crippen MR) is 114 cm³/mol. The number of rotatable bonds is 6. The van der Waals surface area contributed by atoms with E-state index >= 15 is 0 Å². The number of aryl methyl sites for hydroxylation is 2. The predicted octanol–water partition coefficient (Wildman–Crippen LogP) is 3.16. The molecule has 2 amide bonds. The van der Waals surface area contributed by atoms with E-state index in [0.717, 1.165) is 22.4 Å². The molecule has 0 saturated carbocycles. The first-order valence-corrected chi connectivity index (χ1v) is 9.78.